The van der Waals surface area contributed by atoms with Gasteiger partial charge < -0.3 is 10.2 Å². The lowest BCUT2D eigenvalue weighted by molar-refractivity contribution is -0.889. The first kappa shape index (κ1) is 14.2. The van der Waals surface area contributed by atoms with Crippen LogP contribution in [0, 0.1) is 11.8 Å². The van der Waals surface area contributed by atoms with E-state index < -0.39 is 0 Å². The molecule has 2 bridgehead atoms. The van der Waals surface area contributed by atoms with Gasteiger partial charge in [0, 0.05) is 23.8 Å². The van der Waals surface area contributed by atoms with Gasteiger partial charge in [0.1, 0.15) is 17.0 Å². The number of fused-ring (bicyclic) bond motifs is 5. The Kier molecular flexibility index (Phi) is 3.17. The van der Waals surface area contributed by atoms with Gasteiger partial charge in [-0.25, -0.2) is 9.97 Å². The third-order valence-corrected chi connectivity index (χ3v) is 7.62. The summed E-state index contributed by atoms with van der Waals surface area (Å²) in [7, 11) is 4.61. The summed E-state index contributed by atoms with van der Waals surface area (Å²) in [6.45, 7) is 0. The molecule has 4 aliphatic carbocycles. The van der Waals surface area contributed by atoms with Crippen LogP contribution < -0.4 is 10.2 Å². The zero-order valence-electron chi connectivity index (χ0n) is 13.9. The van der Waals surface area contributed by atoms with Crippen molar-refractivity contribution in [1.29, 1.82) is 0 Å². The molecule has 2 heterocycles. The maximum absolute atomic E-state index is 4.64. The number of anilines is 1. The number of hydrogen-bond donors (Lipinski definition) is 2. The molecule has 0 aromatic carbocycles. The molecule has 2 aromatic rings. The summed E-state index contributed by atoms with van der Waals surface area (Å²) in [4.78, 5) is 13.5. The average molecular weight is 329 g/mol. The number of quaternary nitrogens is 1. The summed E-state index contributed by atoms with van der Waals surface area (Å²) in [5, 5.41) is 5.18. The molecule has 2 unspecified atom stereocenters. The van der Waals surface area contributed by atoms with Gasteiger partial charge in [-0.2, -0.15) is 0 Å². The lowest BCUT2D eigenvalue weighted by Gasteiger charge is -2.52. The summed E-state index contributed by atoms with van der Waals surface area (Å²) in [6, 6.07) is 1.49. The third-order valence-electron chi connectivity index (χ3n) is 6.42. The van der Waals surface area contributed by atoms with Gasteiger partial charge in [-0.05, 0) is 43.1 Å². The van der Waals surface area contributed by atoms with Crippen molar-refractivity contribution in [3.8, 4) is 0 Å². The first-order valence-corrected chi connectivity index (χ1v) is 9.84. The Balaban J connectivity index is 1.43. The number of aromatic nitrogens is 2. The normalized spacial score (nSPS) is 32.1. The van der Waals surface area contributed by atoms with Crippen LogP contribution >= 0.6 is 11.3 Å². The maximum atomic E-state index is 4.64. The summed E-state index contributed by atoms with van der Waals surface area (Å²) in [5.74, 6) is 2.79. The number of hydrogen-bond acceptors (Lipinski definition) is 4. The van der Waals surface area contributed by atoms with E-state index in [2.05, 4.69) is 29.4 Å². The van der Waals surface area contributed by atoms with Crippen LogP contribution in [0.2, 0.25) is 0 Å². The van der Waals surface area contributed by atoms with E-state index in [4.69, 9.17) is 0 Å². The van der Waals surface area contributed by atoms with E-state index in [-0.39, 0.29) is 0 Å². The molecule has 0 saturated heterocycles. The fourth-order valence-corrected chi connectivity index (χ4v) is 6.32. The van der Waals surface area contributed by atoms with Crippen LogP contribution in [0.5, 0.6) is 0 Å². The molecule has 4 atom stereocenters. The predicted molar refractivity (Wildman–Crippen MR) is 94.3 cm³/mol. The van der Waals surface area contributed by atoms with Crippen molar-refractivity contribution in [3.63, 3.8) is 0 Å². The molecule has 0 radical (unpaired) electrons. The quantitative estimate of drug-likeness (QED) is 0.904. The van der Waals surface area contributed by atoms with Gasteiger partial charge in [-0.1, -0.05) is 0 Å². The second-order valence-electron chi connectivity index (χ2n) is 7.93. The molecule has 3 saturated carbocycles. The fourth-order valence-electron chi connectivity index (χ4n) is 5.09. The standard InChI is InChI=1S/C18H24N4S/c1-22(2)12-7-10-6-11(8-12)16(10)21-17-15-13-4-3-5-14(13)23-18(15)20-9-19-17/h9-12,16H,3-8H2,1-2H3,(H,19,20,21)/p+1/t10-,11+,12?,16?. The van der Waals surface area contributed by atoms with Crippen molar-refractivity contribution in [2.24, 2.45) is 11.8 Å². The van der Waals surface area contributed by atoms with E-state index in [0.717, 1.165) is 23.7 Å². The molecule has 3 fully saturated rings. The van der Waals surface area contributed by atoms with E-state index >= 15 is 0 Å². The van der Waals surface area contributed by atoms with Crippen LogP contribution in [0.15, 0.2) is 6.33 Å². The molecule has 6 rings (SSSR count). The summed E-state index contributed by atoms with van der Waals surface area (Å²) < 4.78 is 0. The second kappa shape index (κ2) is 5.15. The van der Waals surface area contributed by atoms with Crippen molar-refractivity contribution in [1.82, 2.24) is 9.97 Å². The molecule has 0 spiro atoms. The highest BCUT2D eigenvalue weighted by atomic mass is 32.1. The first-order valence-electron chi connectivity index (χ1n) is 9.02. The molecule has 23 heavy (non-hydrogen) atoms. The van der Waals surface area contributed by atoms with Crippen molar-refractivity contribution in [2.45, 2.75) is 50.6 Å². The minimum absolute atomic E-state index is 0.639. The molecule has 2 aromatic heterocycles. The van der Waals surface area contributed by atoms with Crippen molar-refractivity contribution >= 4 is 27.4 Å². The Bertz CT molecular complexity index is 741. The molecule has 2 N–H and O–H groups in total. The second-order valence-corrected chi connectivity index (χ2v) is 9.02. The van der Waals surface area contributed by atoms with Gasteiger partial charge in [-0.3, -0.25) is 0 Å². The number of aryl methyl sites for hydroxylation is 2. The molecule has 4 nitrogen and oxygen atoms in total. The zero-order chi connectivity index (χ0) is 15.6. The van der Waals surface area contributed by atoms with Crippen LogP contribution in [-0.2, 0) is 12.8 Å². The van der Waals surface area contributed by atoms with Gasteiger partial charge in [0.2, 0.25) is 0 Å². The molecule has 0 aliphatic heterocycles. The lowest BCUT2D eigenvalue weighted by atomic mass is 9.59. The van der Waals surface area contributed by atoms with Crippen molar-refractivity contribution < 1.29 is 4.90 Å². The highest BCUT2D eigenvalue weighted by Crippen LogP contribution is 2.47. The molecule has 122 valence electrons. The molecular weight excluding hydrogens is 304 g/mol. The minimum atomic E-state index is 0.639. The number of nitrogens with zero attached hydrogens (tertiary/aromatic N) is 2. The lowest BCUT2D eigenvalue weighted by Crippen LogP contribution is -3.10. The summed E-state index contributed by atoms with van der Waals surface area (Å²) >= 11 is 1.88. The highest BCUT2D eigenvalue weighted by Gasteiger charge is 2.49. The Labute approximate surface area is 141 Å². The number of rotatable bonds is 3. The van der Waals surface area contributed by atoms with Gasteiger partial charge in [0.05, 0.1) is 25.5 Å². The number of nitrogens with one attached hydrogen (secondary N) is 2. The van der Waals surface area contributed by atoms with Gasteiger partial charge in [0.15, 0.2) is 0 Å². The Hall–Kier alpha value is -1.20. The zero-order valence-corrected chi connectivity index (χ0v) is 14.7. The van der Waals surface area contributed by atoms with E-state index in [1.54, 1.807) is 16.1 Å². The smallest absolute Gasteiger partial charge is 0.138 e. The SMILES string of the molecule is C[NH+](C)C1C[C@@H]2C[C@H](C1)C2Nc1ncnc2sc3c(c12)CCC3. The third kappa shape index (κ3) is 2.13. The van der Waals surface area contributed by atoms with E-state index in [1.807, 2.05) is 11.3 Å². The van der Waals surface area contributed by atoms with Crippen LogP contribution in [0.1, 0.15) is 36.1 Å². The molecule has 5 heteroatoms. The van der Waals surface area contributed by atoms with Crippen molar-refractivity contribution in [2.75, 3.05) is 19.4 Å². The monoisotopic (exact) mass is 329 g/mol. The van der Waals surface area contributed by atoms with E-state index in [1.165, 1.54) is 54.3 Å². The van der Waals surface area contributed by atoms with Crippen LogP contribution in [0.3, 0.4) is 0 Å². The maximum Gasteiger partial charge on any atom is 0.138 e. The summed E-state index contributed by atoms with van der Waals surface area (Å²) in [5.41, 5.74) is 1.54. The molecule has 0 amide bonds. The average Bonchev–Trinajstić information content (AvgIpc) is 3.13. The fraction of sp³-hybridized carbons (Fsp3) is 0.667. The van der Waals surface area contributed by atoms with Crippen LogP contribution in [0.25, 0.3) is 10.2 Å². The predicted octanol–water partition coefficient (Wildman–Crippen LogP) is 1.90. The van der Waals surface area contributed by atoms with E-state index in [0.29, 0.717) is 6.04 Å². The largest absolute Gasteiger partial charge is 0.366 e. The van der Waals surface area contributed by atoms with Gasteiger partial charge >= 0.3 is 0 Å². The Morgan fingerprint density at radius 2 is 1.96 bits per heavy atom. The first-order chi connectivity index (χ1) is 11.2. The van der Waals surface area contributed by atoms with Crippen LogP contribution in [-0.4, -0.2) is 36.1 Å². The minimum Gasteiger partial charge on any atom is -0.366 e. The van der Waals surface area contributed by atoms with Crippen LogP contribution in [0.4, 0.5) is 5.82 Å². The summed E-state index contributed by atoms with van der Waals surface area (Å²) in [6.07, 6.45) is 9.64. The molecule has 4 aliphatic rings. The molecular formula is C18H25N4S+. The Morgan fingerprint density at radius 3 is 2.74 bits per heavy atom. The van der Waals surface area contributed by atoms with Gasteiger partial charge in [0.25, 0.3) is 0 Å². The number of thiophene rings is 1. The van der Waals surface area contributed by atoms with Gasteiger partial charge in [-0.15, -0.1) is 11.3 Å². The van der Waals surface area contributed by atoms with Crippen molar-refractivity contribution in [3.05, 3.63) is 16.8 Å². The Morgan fingerprint density at radius 1 is 1.13 bits per heavy atom. The topological polar surface area (TPSA) is 42.2 Å². The van der Waals surface area contributed by atoms with E-state index in [9.17, 15) is 0 Å². The highest BCUT2D eigenvalue weighted by molar-refractivity contribution is 7.19.